The van der Waals surface area contributed by atoms with Crippen molar-refractivity contribution in [1.82, 2.24) is 0 Å². The molecule has 0 aliphatic carbocycles. The average molecular weight is 448 g/mol. The second kappa shape index (κ2) is 11.1. The minimum absolute atomic E-state index is 0.388. The molecule has 0 aliphatic rings. The van der Waals surface area contributed by atoms with E-state index in [1.54, 1.807) is 24.3 Å². The highest BCUT2D eigenvalue weighted by Crippen LogP contribution is 2.30. The number of anilines is 1. The van der Waals surface area contributed by atoms with Crippen molar-refractivity contribution in [1.29, 1.82) is 0 Å². The highest BCUT2D eigenvalue weighted by molar-refractivity contribution is 9.10. The summed E-state index contributed by atoms with van der Waals surface area (Å²) in [5.41, 5.74) is 1.38. The second-order valence-electron chi connectivity index (χ2n) is 5.57. The van der Waals surface area contributed by atoms with E-state index < -0.39 is 11.9 Å². The molecule has 7 heteroatoms. The summed E-state index contributed by atoms with van der Waals surface area (Å²) in [7, 11) is 0. The zero-order valence-corrected chi connectivity index (χ0v) is 17.3. The first kappa shape index (κ1) is 21.5. The Bertz CT molecular complexity index is 833. The third kappa shape index (κ3) is 7.08. The fourth-order valence-electron chi connectivity index (χ4n) is 2.25. The number of rotatable bonds is 9. The molecule has 0 fully saturated rings. The largest absolute Gasteiger partial charge is 0.490 e. The Morgan fingerprint density at radius 1 is 1.00 bits per heavy atom. The summed E-state index contributed by atoms with van der Waals surface area (Å²) in [6.07, 6.45) is 2.90. The van der Waals surface area contributed by atoms with Crippen molar-refractivity contribution in [2.75, 3.05) is 25.1 Å². The van der Waals surface area contributed by atoms with Gasteiger partial charge in [-0.1, -0.05) is 28.1 Å². The van der Waals surface area contributed by atoms with Crippen LogP contribution in [0, 0.1) is 0 Å². The maximum Gasteiger partial charge on any atom is 0.331 e. The van der Waals surface area contributed by atoms with E-state index in [1.165, 1.54) is 6.08 Å². The molecule has 0 aromatic heterocycles. The van der Waals surface area contributed by atoms with Crippen LogP contribution >= 0.6 is 15.9 Å². The molecule has 0 unspecified atom stereocenters. The van der Waals surface area contributed by atoms with Crippen LogP contribution in [0.1, 0.15) is 19.4 Å². The zero-order valence-electron chi connectivity index (χ0n) is 15.7. The lowest BCUT2D eigenvalue weighted by Crippen LogP contribution is -2.20. The maximum atomic E-state index is 12.0. The smallest absolute Gasteiger partial charge is 0.331 e. The van der Waals surface area contributed by atoms with Gasteiger partial charge in [0.2, 0.25) is 0 Å². The number of hydrogen-bond acceptors (Lipinski definition) is 5. The van der Waals surface area contributed by atoms with Gasteiger partial charge < -0.3 is 19.5 Å². The summed E-state index contributed by atoms with van der Waals surface area (Å²) in [6, 6.07) is 12.5. The molecule has 0 aliphatic heterocycles. The van der Waals surface area contributed by atoms with Crippen molar-refractivity contribution in [2.45, 2.75) is 13.8 Å². The van der Waals surface area contributed by atoms with Crippen LogP contribution in [0.5, 0.6) is 11.5 Å². The Morgan fingerprint density at radius 2 is 1.68 bits per heavy atom. The lowest BCUT2D eigenvalue weighted by atomic mass is 10.2. The van der Waals surface area contributed by atoms with Gasteiger partial charge >= 0.3 is 5.97 Å². The SMILES string of the molecule is CCOc1ccc(NC(=O)COC(=O)/C=C/c2ccc(Br)cc2)cc1OCC. The monoisotopic (exact) mass is 447 g/mol. The Balaban J connectivity index is 1.86. The van der Waals surface area contributed by atoms with Gasteiger partial charge in [0, 0.05) is 22.3 Å². The molecule has 6 nitrogen and oxygen atoms in total. The number of carbonyl (C=O) groups is 2. The van der Waals surface area contributed by atoms with E-state index in [9.17, 15) is 9.59 Å². The summed E-state index contributed by atoms with van der Waals surface area (Å²) < 4.78 is 16.9. The molecule has 2 aromatic carbocycles. The molecule has 148 valence electrons. The second-order valence-corrected chi connectivity index (χ2v) is 6.48. The normalized spacial score (nSPS) is 10.5. The van der Waals surface area contributed by atoms with Gasteiger partial charge in [-0.15, -0.1) is 0 Å². The van der Waals surface area contributed by atoms with E-state index in [0.29, 0.717) is 30.4 Å². The predicted molar refractivity (Wildman–Crippen MR) is 112 cm³/mol. The van der Waals surface area contributed by atoms with Gasteiger partial charge in [-0.3, -0.25) is 4.79 Å². The minimum atomic E-state index is -0.597. The number of amides is 1. The number of halogens is 1. The summed E-state index contributed by atoms with van der Waals surface area (Å²) in [4.78, 5) is 23.8. The van der Waals surface area contributed by atoms with Crippen molar-refractivity contribution >= 4 is 39.6 Å². The molecule has 0 spiro atoms. The summed E-state index contributed by atoms with van der Waals surface area (Å²) in [5, 5.41) is 2.66. The molecular formula is C21H22BrNO5. The fraction of sp³-hybridized carbons (Fsp3) is 0.238. The van der Waals surface area contributed by atoms with Crippen molar-refractivity contribution < 1.29 is 23.8 Å². The Hall–Kier alpha value is -2.80. The molecule has 1 amide bonds. The van der Waals surface area contributed by atoms with Crippen LogP contribution in [0.25, 0.3) is 6.08 Å². The number of esters is 1. The molecule has 2 rings (SSSR count). The minimum Gasteiger partial charge on any atom is -0.490 e. The Labute approximate surface area is 172 Å². The quantitative estimate of drug-likeness (QED) is 0.454. The molecule has 28 heavy (non-hydrogen) atoms. The van der Waals surface area contributed by atoms with Crippen molar-refractivity contribution in [3.8, 4) is 11.5 Å². The molecule has 0 saturated carbocycles. The first-order valence-electron chi connectivity index (χ1n) is 8.81. The van der Waals surface area contributed by atoms with Crippen LogP contribution in [0.3, 0.4) is 0 Å². The van der Waals surface area contributed by atoms with Gasteiger partial charge in [0.25, 0.3) is 5.91 Å². The highest BCUT2D eigenvalue weighted by atomic mass is 79.9. The number of benzene rings is 2. The fourth-order valence-corrected chi connectivity index (χ4v) is 2.51. The number of ether oxygens (including phenoxy) is 3. The zero-order chi connectivity index (χ0) is 20.4. The van der Waals surface area contributed by atoms with Crippen LogP contribution in [0.4, 0.5) is 5.69 Å². The first-order valence-corrected chi connectivity index (χ1v) is 9.61. The van der Waals surface area contributed by atoms with Crippen LogP contribution in [0.15, 0.2) is 53.0 Å². The third-order valence-corrected chi connectivity index (χ3v) is 3.98. The van der Waals surface area contributed by atoms with Crippen LogP contribution in [0.2, 0.25) is 0 Å². The number of carbonyl (C=O) groups excluding carboxylic acids is 2. The van der Waals surface area contributed by atoms with Crippen molar-refractivity contribution in [2.24, 2.45) is 0 Å². The Kier molecular flexibility index (Phi) is 8.55. The lowest BCUT2D eigenvalue weighted by molar-refractivity contribution is -0.142. The molecule has 2 aromatic rings. The van der Waals surface area contributed by atoms with E-state index in [1.807, 2.05) is 38.1 Å². The molecule has 0 radical (unpaired) electrons. The van der Waals surface area contributed by atoms with E-state index >= 15 is 0 Å². The van der Waals surface area contributed by atoms with Gasteiger partial charge in [-0.2, -0.15) is 0 Å². The lowest BCUT2D eigenvalue weighted by Gasteiger charge is -2.13. The number of hydrogen-bond donors (Lipinski definition) is 1. The van der Waals surface area contributed by atoms with E-state index in [2.05, 4.69) is 21.2 Å². The van der Waals surface area contributed by atoms with Gasteiger partial charge in [0.05, 0.1) is 13.2 Å². The summed E-state index contributed by atoms with van der Waals surface area (Å²) in [5.74, 6) is 0.0974. The average Bonchev–Trinajstić information content (AvgIpc) is 2.68. The summed E-state index contributed by atoms with van der Waals surface area (Å²) in [6.45, 7) is 4.34. The summed E-state index contributed by atoms with van der Waals surface area (Å²) >= 11 is 3.34. The molecular weight excluding hydrogens is 426 g/mol. The number of nitrogens with one attached hydrogen (secondary N) is 1. The van der Waals surface area contributed by atoms with Crippen molar-refractivity contribution in [3.05, 3.63) is 58.6 Å². The highest BCUT2D eigenvalue weighted by Gasteiger charge is 2.10. The van der Waals surface area contributed by atoms with Crippen LogP contribution in [-0.4, -0.2) is 31.7 Å². The molecule has 0 saturated heterocycles. The Morgan fingerprint density at radius 3 is 2.36 bits per heavy atom. The van der Waals surface area contributed by atoms with Crippen molar-refractivity contribution in [3.63, 3.8) is 0 Å². The van der Waals surface area contributed by atoms with Gasteiger partial charge in [0.15, 0.2) is 18.1 Å². The molecule has 0 atom stereocenters. The van der Waals surface area contributed by atoms with E-state index in [-0.39, 0.29) is 6.61 Å². The molecule has 0 bridgehead atoms. The maximum absolute atomic E-state index is 12.0. The van der Waals surface area contributed by atoms with Crippen LogP contribution in [-0.2, 0) is 14.3 Å². The molecule has 1 N–H and O–H groups in total. The first-order chi connectivity index (χ1) is 13.5. The third-order valence-electron chi connectivity index (χ3n) is 3.45. The predicted octanol–water partition coefficient (Wildman–Crippen LogP) is 4.44. The van der Waals surface area contributed by atoms with Crippen LogP contribution < -0.4 is 14.8 Å². The topological polar surface area (TPSA) is 73.9 Å². The standard InChI is InChI=1S/C21H22BrNO5/c1-3-26-18-11-10-17(13-19(18)27-4-2)23-20(24)14-28-21(25)12-7-15-5-8-16(22)9-6-15/h5-13H,3-4,14H2,1-2H3,(H,23,24)/b12-7+. The van der Waals surface area contributed by atoms with E-state index in [0.717, 1.165) is 10.0 Å². The van der Waals surface area contributed by atoms with Gasteiger partial charge in [0.1, 0.15) is 0 Å². The van der Waals surface area contributed by atoms with Gasteiger partial charge in [-0.25, -0.2) is 4.79 Å². The van der Waals surface area contributed by atoms with Gasteiger partial charge in [-0.05, 0) is 49.8 Å². The molecule has 0 heterocycles. The van der Waals surface area contributed by atoms with E-state index in [4.69, 9.17) is 14.2 Å².